The number of H-pyrrole nitrogens is 1. The average molecular weight is 340 g/mol. The summed E-state index contributed by atoms with van der Waals surface area (Å²) in [5.41, 5.74) is 1.34. The van der Waals surface area contributed by atoms with E-state index in [1.165, 1.54) is 38.9 Å². The Bertz CT molecular complexity index is 816. The lowest BCUT2D eigenvalue weighted by Crippen LogP contribution is -2.16. The van der Waals surface area contributed by atoms with Crippen LogP contribution in [0, 0.1) is 11.8 Å². The van der Waals surface area contributed by atoms with Crippen LogP contribution >= 0.6 is 0 Å². The molecule has 2 N–H and O–H groups in total. The van der Waals surface area contributed by atoms with Crippen molar-refractivity contribution in [2.75, 3.05) is 12.4 Å². The largest absolute Gasteiger partial charge is 0.464 e. The number of pyridine rings is 1. The number of fused-ring (bicyclic) bond motifs is 2. The van der Waals surface area contributed by atoms with Crippen molar-refractivity contribution in [1.82, 2.24) is 15.2 Å². The fourth-order valence-corrected chi connectivity index (χ4v) is 4.18. The molecule has 7 nitrogen and oxygen atoms in total. The topological polar surface area (TPSA) is 97.0 Å². The Hall–Kier alpha value is -2.70. The van der Waals surface area contributed by atoms with Crippen molar-refractivity contribution in [3.05, 3.63) is 41.3 Å². The van der Waals surface area contributed by atoms with Crippen molar-refractivity contribution in [2.45, 2.75) is 31.6 Å². The standard InChI is InChI=1S/C18H20N4O3/c1-25-18(24)14-4-2-3-13(19-14)17(23)20-16-9-15(21-22-16)12-8-10-5-6-11(12)7-10/h2-4,9-12H,5-8H2,1H3,(H2,20,21,22,23). The number of nitrogens with one attached hydrogen (secondary N) is 2. The number of amides is 1. The highest BCUT2D eigenvalue weighted by Crippen LogP contribution is 2.52. The number of hydrogen-bond donors (Lipinski definition) is 2. The quantitative estimate of drug-likeness (QED) is 0.834. The van der Waals surface area contributed by atoms with E-state index >= 15 is 0 Å². The first-order chi connectivity index (χ1) is 12.1. The van der Waals surface area contributed by atoms with E-state index in [-0.39, 0.29) is 11.4 Å². The molecule has 2 aliphatic rings. The molecule has 2 aliphatic carbocycles. The van der Waals surface area contributed by atoms with Gasteiger partial charge in [0.1, 0.15) is 11.4 Å². The molecular formula is C18H20N4O3. The van der Waals surface area contributed by atoms with Crippen molar-refractivity contribution < 1.29 is 14.3 Å². The number of carbonyl (C=O) groups is 2. The first-order valence-electron chi connectivity index (χ1n) is 8.56. The lowest BCUT2D eigenvalue weighted by atomic mass is 9.86. The van der Waals surface area contributed by atoms with Crippen LogP contribution in [0.5, 0.6) is 0 Å². The summed E-state index contributed by atoms with van der Waals surface area (Å²) >= 11 is 0. The van der Waals surface area contributed by atoms with E-state index in [4.69, 9.17) is 0 Å². The first-order valence-corrected chi connectivity index (χ1v) is 8.56. The molecule has 0 aliphatic heterocycles. The van der Waals surface area contributed by atoms with Gasteiger partial charge in [-0.25, -0.2) is 9.78 Å². The van der Waals surface area contributed by atoms with E-state index in [0.29, 0.717) is 11.7 Å². The van der Waals surface area contributed by atoms with Crippen molar-refractivity contribution in [2.24, 2.45) is 11.8 Å². The number of esters is 1. The fraction of sp³-hybridized carbons (Fsp3) is 0.444. The number of rotatable bonds is 4. The molecule has 3 unspecified atom stereocenters. The second-order valence-corrected chi connectivity index (χ2v) is 6.84. The number of nitrogens with zero attached hydrogens (tertiary/aromatic N) is 2. The molecule has 0 radical (unpaired) electrons. The zero-order valence-corrected chi connectivity index (χ0v) is 14.0. The molecule has 2 aromatic rings. The molecule has 2 bridgehead atoms. The lowest BCUT2D eigenvalue weighted by molar-refractivity contribution is 0.0594. The summed E-state index contributed by atoms with van der Waals surface area (Å²) in [7, 11) is 1.28. The van der Waals surface area contributed by atoms with Gasteiger partial charge in [-0.3, -0.25) is 9.89 Å². The van der Waals surface area contributed by atoms with Crippen LogP contribution in [0.1, 0.15) is 58.3 Å². The maximum Gasteiger partial charge on any atom is 0.356 e. The van der Waals surface area contributed by atoms with Gasteiger partial charge < -0.3 is 10.1 Å². The van der Waals surface area contributed by atoms with E-state index in [1.54, 1.807) is 12.1 Å². The molecule has 7 heteroatoms. The molecule has 2 fully saturated rings. The Morgan fingerprint density at radius 1 is 1.24 bits per heavy atom. The van der Waals surface area contributed by atoms with Gasteiger partial charge in [0.25, 0.3) is 5.91 Å². The molecule has 25 heavy (non-hydrogen) atoms. The van der Waals surface area contributed by atoms with Crippen molar-refractivity contribution in [3.8, 4) is 0 Å². The highest BCUT2D eigenvalue weighted by atomic mass is 16.5. The number of hydrogen-bond acceptors (Lipinski definition) is 5. The average Bonchev–Trinajstić information content (AvgIpc) is 3.37. The number of ether oxygens (including phenoxy) is 1. The van der Waals surface area contributed by atoms with E-state index < -0.39 is 11.9 Å². The van der Waals surface area contributed by atoms with Crippen LogP contribution in [0.2, 0.25) is 0 Å². The van der Waals surface area contributed by atoms with Crippen LogP contribution in [-0.2, 0) is 4.74 Å². The summed E-state index contributed by atoms with van der Waals surface area (Å²) < 4.78 is 4.62. The van der Waals surface area contributed by atoms with Gasteiger partial charge in [-0.2, -0.15) is 5.10 Å². The smallest absolute Gasteiger partial charge is 0.356 e. The van der Waals surface area contributed by atoms with Crippen molar-refractivity contribution in [1.29, 1.82) is 0 Å². The summed E-state index contributed by atoms with van der Waals surface area (Å²) in [5.74, 6) is 1.62. The maximum absolute atomic E-state index is 12.4. The molecule has 0 aromatic carbocycles. The number of anilines is 1. The number of methoxy groups -OCH3 is 1. The predicted octanol–water partition coefficient (Wildman–Crippen LogP) is 2.75. The molecule has 0 saturated heterocycles. The van der Waals surface area contributed by atoms with Gasteiger partial charge in [-0.15, -0.1) is 0 Å². The van der Waals surface area contributed by atoms with Crippen molar-refractivity contribution >= 4 is 17.7 Å². The SMILES string of the molecule is COC(=O)c1cccc(C(=O)Nc2cc(C3CC4CCC3C4)[nH]n2)n1. The van der Waals surface area contributed by atoms with Gasteiger partial charge in [0.15, 0.2) is 5.82 Å². The lowest BCUT2D eigenvalue weighted by Gasteiger charge is -2.19. The van der Waals surface area contributed by atoms with Gasteiger partial charge in [-0.1, -0.05) is 12.5 Å². The van der Waals surface area contributed by atoms with Crippen LogP contribution in [0.4, 0.5) is 5.82 Å². The normalized spacial score (nSPS) is 24.3. The Labute approximate surface area is 145 Å². The van der Waals surface area contributed by atoms with Crippen LogP contribution < -0.4 is 5.32 Å². The molecule has 2 aromatic heterocycles. The van der Waals surface area contributed by atoms with Gasteiger partial charge >= 0.3 is 5.97 Å². The van der Waals surface area contributed by atoms with Crippen molar-refractivity contribution in [3.63, 3.8) is 0 Å². The second-order valence-electron chi connectivity index (χ2n) is 6.84. The Morgan fingerprint density at radius 2 is 2.08 bits per heavy atom. The summed E-state index contributed by atoms with van der Waals surface area (Å²) in [5, 5.41) is 10.0. The van der Waals surface area contributed by atoms with Gasteiger partial charge in [-0.05, 0) is 43.2 Å². The molecule has 4 rings (SSSR count). The summed E-state index contributed by atoms with van der Waals surface area (Å²) in [4.78, 5) is 27.9. The summed E-state index contributed by atoms with van der Waals surface area (Å²) in [6, 6.07) is 6.56. The fourth-order valence-electron chi connectivity index (χ4n) is 4.18. The zero-order valence-electron chi connectivity index (χ0n) is 14.0. The maximum atomic E-state index is 12.4. The van der Waals surface area contributed by atoms with Crippen LogP contribution in [0.25, 0.3) is 0 Å². The second kappa shape index (κ2) is 6.31. The predicted molar refractivity (Wildman–Crippen MR) is 90.3 cm³/mol. The summed E-state index contributed by atoms with van der Waals surface area (Å²) in [6.07, 6.45) is 5.17. The van der Waals surface area contributed by atoms with Crippen LogP contribution in [-0.4, -0.2) is 34.2 Å². The minimum absolute atomic E-state index is 0.0971. The first kappa shape index (κ1) is 15.8. The Kier molecular flexibility index (Phi) is 3.99. The van der Waals surface area contributed by atoms with E-state index in [0.717, 1.165) is 17.5 Å². The van der Waals surface area contributed by atoms with E-state index in [9.17, 15) is 9.59 Å². The van der Waals surface area contributed by atoms with E-state index in [2.05, 4.69) is 25.2 Å². The van der Waals surface area contributed by atoms with Gasteiger partial charge in [0.2, 0.25) is 0 Å². The molecule has 2 heterocycles. The number of aromatic amines is 1. The minimum atomic E-state index is -0.576. The summed E-state index contributed by atoms with van der Waals surface area (Å²) in [6.45, 7) is 0. The van der Waals surface area contributed by atoms with Gasteiger partial charge in [0, 0.05) is 17.7 Å². The van der Waals surface area contributed by atoms with E-state index in [1.807, 2.05) is 6.07 Å². The Balaban J connectivity index is 1.46. The molecule has 3 atom stereocenters. The third kappa shape index (κ3) is 3.01. The minimum Gasteiger partial charge on any atom is -0.464 e. The molecular weight excluding hydrogens is 320 g/mol. The molecule has 2 saturated carbocycles. The highest BCUT2D eigenvalue weighted by Gasteiger charge is 2.40. The third-order valence-corrected chi connectivity index (χ3v) is 5.35. The molecule has 0 spiro atoms. The molecule has 1 amide bonds. The zero-order chi connectivity index (χ0) is 17.4. The number of aromatic nitrogens is 3. The molecule has 130 valence electrons. The Morgan fingerprint density at radius 3 is 2.80 bits per heavy atom. The van der Waals surface area contributed by atoms with Crippen LogP contribution in [0.3, 0.4) is 0 Å². The third-order valence-electron chi connectivity index (χ3n) is 5.35. The van der Waals surface area contributed by atoms with Crippen LogP contribution in [0.15, 0.2) is 24.3 Å². The monoisotopic (exact) mass is 340 g/mol. The van der Waals surface area contributed by atoms with Gasteiger partial charge in [0.05, 0.1) is 7.11 Å². The highest BCUT2D eigenvalue weighted by molar-refractivity contribution is 6.03. The number of carbonyl (C=O) groups excluding carboxylic acids is 2.